The Bertz CT molecular complexity index is 1250. The molecule has 150 valence electrons. The number of nitrogens with zero attached hydrogens (tertiary/aromatic N) is 4. The van der Waals surface area contributed by atoms with Gasteiger partial charge in [0.1, 0.15) is 0 Å². The Morgan fingerprint density at radius 1 is 0.933 bits per heavy atom. The molecule has 0 amide bonds. The van der Waals surface area contributed by atoms with E-state index in [0.29, 0.717) is 6.54 Å². The Kier molecular flexibility index (Phi) is 4.99. The fraction of sp³-hybridized carbons (Fsp3) is 0.208. The molecule has 0 atom stereocenters. The summed E-state index contributed by atoms with van der Waals surface area (Å²) < 4.78 is 7.02. The van der Waals surface area contributed by atoms with Gasteiger partial charge in [0.15, 0.2) is 0 Å². The summed E-state index contributed by atoms with van der Waals surface area (Å²) in [5.74, 6) is 0. The van der Waals surface area contributed by atoms with Crippen LogP contribution in [0.1, 0.15) is 5.56 Å². The van der Waals surface area contributed by atoms with Crippen LogP contribution in [0, 0.1) is 0 Å². The number of hydrogen-bond donors (Lipinski definition) is 0. The molecule has 0 bridgehead atoms. The lowest BCUT2D eigenvalue weighted by atomic mass is 10.1. The predicted octanol–water partition coefficient (Wildman–Crippen LogP) is 3.34. The summed E-state index contributed by atoms with van der Waals surface area (Å²) in [6, 6.07) is 21.6. The van der Waals surface area contributed by atoms with Gasteiger partial charge in [-0.25, -0.2) is 4.68 Å². The van der Waals surface area contributed by atoms with E-state index in [0.717, 1.165) is 59.7 Å². The van der Waals surface area contributed by atoms with E-state index in [9.17, 15) is 4.79 Å². The average molecular weight is 398 g/mol. The molecule has 0 N–H and O–H groups in total. The zero-order chi connectivity index (χ0) is 20.3. The van der Waals surface area contributed by atoms with Gasteiger partial charge in [0.2, 0.25) is 0 Å². The maximum atomic E-state index is 12.5. The molecule has 0 aliphatic carbocycles. The first-order chi connectivity index (χ1) is 14.8. The number of morpholine rings is 1. The van der Waals surface area contributed by atoms with E-state index in [1.165, 1.54) is 4.68 Å². The molecular weight excluding hydrogens is 376 g/mol. The molecular formula is C24H22N4O2. The van der Waals surface area contributed by atoms with Crippen LogP contribution in [0.4, 0.5) is 5.69 Å². The SMILES string of the molecule is O=c1ccc(-c2ccccc2N2CCOCC2)nn1Cc1ccc2ncccc2c1. The Balaban J connectivity index is 1.50. The molecule has 0 spiro atoms. The summed E-state index contributed by atoms with van der Waals surface area (Å²) in [6.07, 6.45) is 1.78. The number of pyridine rings is 1. The minimum atomic E-state index is -0.117. The molecule has 1 aliphatic rings. The van der Waals surface area contributed by atoms with Crippen molar-refractivity contribution in [1.29, 1.82) is 0 Å². The van der Waals surface area contributed by atoms with Gasteiger partial charge in [0.25, 0.3) is 5.56 Å². The van der Waals surface area contributed by atoms with Gasteiger partial charge in [-0.3, -0.25) is 9.78 Å². The molecule has 0 saturated carbocycles. The first-order valence-corrected chi connectivity index (χ1v) is 10.1. The van der Waals surface area contributed by atoms with Crippen LogP contribution in [-0.4, -0.2) is 41.1 Å². The number of benzene rings is 2. The molecule has 0 radical (unpaired) electrons. The van der Waals surface area contributed by atoms with E-state index >= 15 is 0 Å². The molecule has 3 heterocycles. The van der Waals surface area contributed by atoms with Crippen molar-refractivity contribution in [3.63, 3.8) is 0 Å². The Morgan fingerprint density at radius 2 is 1.80 bits per heavy atom. The second kappa shape index (κ2) is 8.08. The summed E-state index contributed by atoms with van der Waals surface area (Å²) in [5.41, 5.74) is 4.78. The Hall–Kier alpha value is -3.51. The van der Waals surface area contributed by atoms with Gasteiger partial charge in [-0.2, -0.15) is 5.10 Å². The van der Waals surface area contributed by atoms with Crippen LogP contribution in [-0.2, 0) is 11.3 Å². The highest BCUT2D eigenvalue weighted by Gasteiger charge is 2.16. The van der Waals surface area contributed by atoms with Gasteiger partial charge in [-0.05, 0) is 35.9 Å². The number of para-hydroxylation sites is 1. The number of fused-ring (bicyclic) bond motifs is 1. The van der Waals surface area contributed by atoms with Crippen molar-refractivity contribution in [1.82, 2.24) is 14.8 Å². The van der Waals surface area contributed by atoms with Crippen LogP contribution >= 0.6 is 0 Å². The highest BCUT2D eigenvalue weighted by Crippen LogP contribution is 2.29. The molecule has 1 fully saturated rings. The van der Waals surface area contributed by atoms with Gasteiger partial charge < -0.3 is 9.64 Å². The van der Waals surface area contributed by atoms with Gasteiger partial charge in [-0.15, -0.1) is 0 Å². The van der Waals surface area contributed by atoms with Gasteiger partial charge in [-0.1, -0.05) is 30.3 Å². The average Bonchev–Trinajstić information content (AvgIpc) is 2.81. The standard InChI is InChI=1S/C24H22N4O2/c29-24-10-9-22(20-5-1-2-6-23(20)27-12-14-30-15-13-27)26-28(24)17-18-7-8-21-19(16-18)4-3-11-25-21/h1-11,16H,12-15,17H2. The first-order valence-electron chi connectivity index (χ1n) is 10.1. The minimum absolute atomic E-state index is 0.117. The fourth-order valence-corrected chi connectivity index (χ4v) is 3.87. The highest BCUT2D eigenvalue weighted by molar-refractivity contribution is 5.79. The van der Waals surface area contributed by atoms with Crippen molar-refractivity contribution >= 4 is 16.6 Å². The smallest absolute Gasteiger partial charge is 0.267 e. The molecule has 30 heavy (non-hydrogen) atoms. The van der Waals surface area contributed by atoms with Gasteiger partial charge in [0, 0.05) is 42.0 Å². The van der Waals surface area contributed by atoms with Crippen LogP contribution in [0.15, 0.2) is 77.7 Å². The van der Waals surface area contributed by atoms with Crippen LogP contribution in [0.25, 0.3) is 22.2 Å². The maximum Gasteiger partial charge on any atom is 0.267 e. The van der Waals surface area contributed by atoms with Crippen LogP contribution < -0.4 is 10.5 Å². The molecule has 4 aromatic rings. The van der Waals surface area contributed by atoms with Gasteiger partial charge in [0.05, 0.1) is 31.0 Å². The van der Waals surface area contributed by atoms with Crippen molar-refractivity contribution < 1.29 is 4.74 Å². The Labute approximate surface area is 174 Å². The third-order valence-corrected chi connectivity index (χ3v) is 5.40. The van der Waals surface area contributed by atoms with E-state index in [-0.39, 0.29) is 5.56 Å². The molecule has 2 aromatic carbocycles. The summed E-state index contributed by atoms with van der Waals surface area (Å²) in [6.45, 7) is 3.55. The zero-order valence-electron chi connectivity index (χ0n) is 16.6. The molecule has 2 aromatic heterocycles. The summed E-state index contributed by atoms with van der Waals surface area (Å²) in [5, 5.41) is 5.76. The topological polar surface area (TPSA) is 60.3 Å². The van der Waals surface area contributed by atoms with Crippen LogP contribution in [0.5, 0.6) is 0 Å². The van der Waals surface area contributed by atoms with Crippen molar-refractivity contribution in [2.45, 2.75) is 6.54 Å². The van der Waals surface area contributed by atoms with E-state index < -0.39 is 0 Å². The quantitative estimate of drug-likeness (QED) is 0.528. The van der Waals surface area contributed by atoms with E-state index in [1.807, 2.05) is 42.5 Å². The predicted molar refractivity (Wildman–Crippen MR) is 118 cm³/mol. The maximum absolute atomic E-state index is 12.5. The molecule has 5 rings (SSSR count). The lowest BCUT2D eigenvalue weighted by molar-refractivity contribution is 0.123. The van der Waals surface area contributed by atoms with E-state index in [4.69, 9.17) is 9.84 Å². The molecule has 1 aliphatic heterocycles. The third-order valence-electron chi connectivity index (χ3n) is 5.40. The lowest BCUT2D eigenvalue weighted by Crippen LogP contribution is -2.36. The minimum Gasteiger partial charge on any atom is -0.378 e. The molecule has 0 unspecified atom stereocenters. The van der Waals surface area contributed by atoms with E-state index in [1.54, 1.807) is 12.3 Å². The van der Waals surface area contributed by atoms with Crippen LogP contribution in [0.3, 0.4) is 0 Å². The van der Waals surface area contributed by atoms with Crippen molar-refractivity contribution in [2.24, 2.45) is 0 Å². The molecule has 6 nitrogen and oxygen atoms in total. The third kappa shape index (κ3) is 3.69. The number of rotatable bonds is 4. The second-order valence-electron chi connectivity index (χ2n) is 7.36. The number of hydrogen-bond acceptors (Lipinski definition) is 5. The van der Waals surface area contributed by atoms with Crippen molar-refractivity contribution in [3.8, 4) is 11.3 Å². The van der Waals surface area contributed by atoms with Crippen molar-refractivity contribution in [2.75, 3.05) is 31.2 Å². The summed E-state index contributed by atoms with van der Waals surface area (Å²) in [4.78, 5) is 19.2. The Morgan fingerprint density at radius 3 is 2.70 bits per heavy atom. The lowest BCUT2D eigenvalue weighted by Gasteiger charge is -2.30. The van der Waals surface area contributed by atoms with E-state index in [2.05, 4.69) is 28.1 Å². The second-order valence-corrected chi connectivity index (χ2v) is 7.36. The van der Waals surface area contributed by atoms with Gasteiger partial charge >= 0.3 is 0 Å². The number of anilines is 1. The summed E-state index contributed by atoms with van der Waals surface area (Å²) in [7, 11) is 0. The molecule has 1 saturated heterocycles. The van der Waals surface area contributed by atoms with Crippen LogP contribution in [0.2, 0.25) is 0 Å². The monoisotopic (exact) mass is 398 g/mol. The number of ether oxygens (including phenoxy) is 1. The van der Waals surface area contributed by atoms with Crippen molar-refractivity contribution in [3.05, 3.63) is 88.8 Å². The molecule has 6 heteroatoms. The number of aromatic nitrogens is 3. The fourth-order valence-electron chi connectivity index (χ4n) is 3.87. The summed E-state index contributed by atoms with van der Waals surface area (Å²) >= 11 is 0. The largest absolute Gasteiger partial charge is 0.378 e. The normalized spacial score (nSPS) is 14.2. The first kappa shape index (κ1) is 18.5. The zero-order valence-corrected chi connectivity index (χ0v) is 16.6. The highest BCUT2D eigenvalue weighted by atomic mass is 16.5.